The molecule has 0 bridgehead atoms. The summed E-state index contributed by atoms with van der Waals surface area (Å²) in [5, 5.41) is 6.49. The molecular formula is C14H22N4O4. The number of amides is 2. The number of nitrogens with one attached hydrogen (secondary N) is 1. The molecule has 8 nitrogen and oxygen atoms in total. The van der Waals surface area contributed by atoms with Gasteiger partial charge in [-0.3, -0.25) is 0 Å². The van der Waals surface area contributed by atoms with Crippen molar-refractivity contribution in [3.63, 3.8) is 0 Å². The van der Waals surface area contributed by atoms with Gasteiger partial charge in [0, 0.05) is 17.9 Å². The molecule has 1 N–H and O–H groups in total. The van der Waals surface area contributed by atoms with Crippen LogP contribution in [0.1, 0.15) is 41.5 Å². The van der Waals surface area contributed by atoms with Gasteiger partial charge in [-0.25, -0.2) is 9.59 Å². The predicted molar refractivity (Wildman–Crippen MR) is 80.7 cm³/mol. The summed E-state index contributed by atoms with van der Waals surface area (Å²) in [5.41, 5.74) is -1.19. The molecule has 0 unspecified atom stereocenters. The Balaban J connectivity index is 2.91. The lowest BCUT2D eigenvalue weighted by molar-refractivity contribution is 0.0600. The molecule has 1 rings (SSSR count). The van der Waals surface area contributed by atoms with E-state index in [1.807, 2.05) is 0 Å². The van der Waals surface area contributed by atoms with E-state index < -0.39 is 23.3 Å². The second-order valence-corrected chi connectivity index (χ2v) is 6.59. The fraction of sp³-hybridized carbons (Fsp3) is 0.571. The largest absolute Gasteiger partial charge is 0.442 e. The lowest BCUT2D eigenvalue weighted by Crippen LogP contribution is -2.42. The van der Waals surface area contributed by atoms with Crippen LogP contribution >= 0.6 is 0 Å². The second kappa shape index (κ2) is 6.59. The van der Waals surface area contributed by atoms with E-state index in [0.717, 1.165) is 4.68 Å². The van der Waals surface area contributed by atoms with Gasteiger partial charge < -0.3 is 14.8 Å². The number of carbonyl (C=O) groups excluding carboxylic acids is 2. The maximum Gasteiger partial charge on any atom is 0.438 e. The Morgan fingerprint density at radius 3 is 2.27 bits per heavy atom. The first-order valence-corrected chi connectivity index (χ1v) is 6.78. The number of nitrogens with zero attached hydrogens (tertiary/aromatic N) is 3. The molecule has 0 aliphatic rings. The third-order valence-electron chi connectivity index (χ3n) is 1.94. The quantitative estimate of drug-likeness (QED) is 0.587. The molecule has 0 aliphatic heterocycles. The molecule has 1 aromatic rings. The molecule has 8 heteroatoms. The molecule has 0 fully saturated rings. The summed E-state index contributed by atoms with van der Waals surface area (Å²) >= 11 is 0. The Labute approximate surface area is 129 Å². The number of hydrogen-bond acceptors (Lipinski definition) is 5. The van der Waals surface area contributed by atoms with Gasteiger partial charge in [0.05, 0.1) is 0 Å². The van der Waals surface area contributed by atoms with Crippen molar-refractivity contribution in [1.82, 2.24) is 15.1 Å². The highest BCUT2D eigenvalue weighted by atomic mass is 16.6. The summed E-state index contributed by atoms with van der Waals surface area (Å²) in [4.78, 5) is 27.2. The number of carbonyl (C=O) groups is 2. The summed E-state index contributed by atoms with van der Waals surface area (Å²) in [5.74, 6) is 0. The van der Waals surface area contributed by atoms with Crippen LogP contribution in [0.15, 0.2) is 23.5 Å². The fourth-order valence-corrected chi connectivity index (χ4v) is 1.28. The predicted octanol–water partition coefficient (Wildman–Crippen LogP) is 2.55. The monoisotopic (exact) mass is 310 g/mol. The van der Waals surface area contributed by atoms with Crippen molar-refractivity contribution in [2.75, 3.05) is 0 Å². The van der Waals surface area contributed by atoms with Gasteiger partial charge in [-0.05, 0) is 47.6 Å². The van der Waals surface area contributed by atoms with E-state index in [0.29, 0.717) is 0 Å². The van der Waals surface area contributed by atoms with Gasteiger partial charge in [-0.15, -0.1) is 4.99 Å². The summed E-state index contributed by atoms with van der Waals surface area (Å²) in [6.07, 6.45) is 1.34. The number of aliphatic imine (C=N–C) groups is 1. The zero-order chi connectivity index (χ0) is 17.0. The van der Waals surface area contributed by atoms with Crippen molar-refractivity contribution < 1.29 is 19.1 Å². The molecule has 1 heterocycles. The summed E-state index contributed by atoms with van der Waals surface area (Å²) < 4.78 is 11.3. The van der Waals surface area contributed by atoms with E-state index in [4.69, 9.17) is 9.47 Å². The molecule has 0 aliphatic carbocycles. The van der Waals surface area contributed by atoms with Crippen LogP contribution in [0.25, 0.3) is 0 Å². The molecule has 0 spiro atoms. The molecule has 1 aromatic heterocycles. The number of alkyl carbamates (subject to hydrolysis) is 1. The smallest absolute Gasteiger partial charge is 0.438 e. The normalized spacial score (nSPS) is 12.7. The maximum atomic E-state index is 11.8. The Morgan fingerprint density at radius 2 is 1.82 bits per heavy atom. The van der Waals surface area contributed by atoms with Gasteiger partial charge >= 0.3 is 18.2 Å². The van der Waals surface area contributed by atoms with Gasteiger partial charge in [0.1, 0.15) is 5.60 Å². The minimum Gasteiger partial charge on any atom is -0.442 e. The molecular weight excluding hydrogens is 288 g/mol. The minimum absolute atomic E-state index is 0.291. The highest BCUT2D eigenvalue weighted by molar-refractivity contribution is 5.93. The lowest BCUT2D eigenvalue weighted by atomic mass is 10.1. The number of hydrogen-bond donors (Lipinski definition) is 1. The lowest BCUT2D eigenvalue weighted by Gasteiger charge is -2.20. The van der Waals surface area contributed by atoms with Crippen LogP contribution in [0, 0.1) is 0 Å². The number of ether oxygens (including phenoxy) is 2. The first-order valence-electron chi connectivity index (χ1n) is 6.78. The average Bonchev–Trinajstić information content (AvgIpc) is 2.75. The van der Waals surface area contributed by atoms with Crippen LogP contribution in [-0.4, -0.2) is 39.1 Å². The molecule has 22 heavy (non-hydrogen) atoms. The van der Waals surface area contributed by atoms with Gasteiger partial charge in [0.15, 0.2) is 0 Å². The molecule has 0 radical (unpaired) electrons. The Hall–Kier alpha value is -2.38. The van der Waals surface area contributed by atoms with Gasteiger partial charge in [-0.1, -0.05) is 0 Å². The van der Waals surface area contributed by atoms with Crippen molar-refractivity contribution in [1.29, 1.82) is 0 Å². The SMILES string of the molecule is CC(C)(C)NC(=O)OC(=NC(=O)OC(C)(C)C)n1cccn1. The van der Waals surface area contributed by atoms with Crippen molar-refractivity contribution in [3.8, 4) is 0 Å². The number of rotatable bonds is 0. The van der Waals surface area contributed by atoms with E-state index in [1.54, 1.807) is 47.6 Å². The van der Waals surface area contributed by atoms with Gasteiger partial charge in [0.2, 0.25) is 0 Å². The fourth-order valence-electron chi connectivity index (χ4n) is 1.28. The number of aromatic nitrogens is 2. The second-order valence-electron chi connectivity index (χ2n) is 6.59. The van der Waals surface area contributed by atoms with Crippen molar-refractivity contribution in [2.24, 2.45) is 4.99 Å². The average molecular weight is 310 g/mol. The minimum atomic E-state index is -0.874. The molecule has 0 atom stereocenters. The van der Waals surface area contributed by atoms with Crippen LogP contribution in [0.2, 0.25) is 0 Å². The topological polar surface area (TPSA) is 94.8 Å². The Morgan fingerprint density at radius 1 is 1.18 bits per heavy atom. The summed E-state index contributed by atoms with van der Waals surface area (Å²) in [6.45, 7) is 10.5. The van der Waals surface area contributed by atoms with Crippen LogP contribution < -0.4 is 5.32 Å². The Bertz CT molecular complexity index is 550. The van der Waals surface area contributed by atoms with Crippen molar-refractivity contribution >= 4 is 18.2 Å². The standard InChI is InChI=1S/C14H22N4O4/c1-13(2,3)17-12(20)21-10(18-9-7-8-15-18)16-11(19)22-14(4,5)6/h7-9H,1-6H3,(H,17,20). The zero-order valence-electron chi connectivity index (χ0n) is 13.7. The molecule has 122 valence electrons. The first-order chi connectivity index (χ1) is 9.96. The Kier molecular flexibility index (Phi) is 5.29. The maximum absolute atomic E-state index is 11.8. The highest BCUT2D eigenvalue weighted by Gasteiger charge is 2.21. The van der Waals surface area contributed by atoms with Crippen LogP contribution in [0.4, 0.5) is 9.59 Å². The van der Waals surface area contributed by atoms with Crippen molar-refractivity contribution in [3.05, 3.63) is 18.5 Å². The third kappa shape index (κ3) is 6.87. The van der Waals surface area contributed by atoms with Crippen LogP contribution in [-0.2, 0) is 9.47 Å². The molecule has 0 saturated heterocycles. The van der Waals surface area contributed by atoms with E-state index in [9.17, 15) is 9.59 Å². The molecule has 0 saturated carbocycles. The molecule has 0 aromatic carbocycles. The zero-order valence-corrected chi connectivity index (χ0v) is 13.7. The van der Waals surface area contributed by atoms with E-state index in [2.05, 4.69) is 15.4 Å². The van der Waals surface area contributed by atoms with Crippen LogP contribution in [0.3, 0.4) is 0 Å². The van der Waals surface area contributed by atoms with Gasteiger partial charge in [-0.2, -0.15) is 9.78 Å². The summed E-state index contributed by atoms with van der Waals surface area (Å²) in [6, 6.07) is 1.32. The van der Waals surface area contributed by atoms with Crippen LogP contribution in [0.5, 0.6) is 0 Å². The van der Waals surface area contributed by atoms with E-state index in [1.165, 1.54) is 12.4 Å². The first kappa shape index (κ1) is 17.7. The van der Waals surface area contributed by atoms with Gasteiger partial charge in [0.25, 0.3) is 0 Å². The molecule has 2 amide bonds. The van der Waals surface area contributed by atoms with E-state index in [-0.39, 0.29) is 6.02 Å². The third-order valence-corrected chi connectivity index (χ3v) is 1.94. The highest BCUT2D eigenvalue weighted by Crippen LogP contribution is 2.08. The van der Waals surface area contributed by atoms with Crippen molar-refractivity contribution in [2.45, 2.75) is 52.7 Å². The van der Waals surface area contributed by atoms with E-state index >= 15 is 0 Å². The summed E-state index contributed by atoms with van der Waals surface area (Å²) in [7, 11) is 0.